The average Bonchev–Trinajstić information content (AvgIpc) is 3.29. The van der Waals surface area contributed by atoms with Gasteiger partial charge in [-0.05, 0) is 61.9 Å². The third-order valence-corrected chi connectivity index (χ3v) is 6.51. The molecule has 2 heterocycles. The highest BCUT2D eigenvalue weighted by atomic mass is 16.3. The lowest BCUT2D eigenvalue weighted by atomic mass is 10.1. The van der Waals surface area contributed by atoms with Gasteiger partial charge in [0.1, 0.15) is 5.75 Å². The normalized spacial score (nSPS) is 20.0. The molecule has 2 saturated heterocycles. The molecule has 176 valence electrons. The highest BCUT2D eigenvalue weighted by Gasteiger charge is 2.31. The summed E-state index contributed by atoms with van der Waals surface area (Å²) in [5.41, 5.74) is 2.66. The summed E-state index contributed by atoms with van der Waals surface area (Å²) in [6, 6.07) is 14.4. The lowest BCUT2D eigenvalue weighted by molar-refractivity contribution is -0.132. The Labute approximate surface area is 194 Å². The second-order valence-corrected chi connectivity index (χ2v) is 8.89. The zero-order chi connectivity index (χ0) is 23.4. The maximum absolute atomic E-state index is 12.8. The van der Waals surface area contributed by atoms with Crippen molar-refractivity contribution >= 4 is 23.2 Å². The summed E-state index contributed by atoms with van der Waals surface area (Å²) in [6.45, 7) is 6.30. The summed E-state index contributed by atoms with van der Waals surface area (Å²) in [4.78, 5) is 31.6. The Balaban J connectivity index is 1.21. The van der Waals surface area contributed by atoms with Gasteiger partial charge in [0.2, 0.25) is 11.8 Å². The number of aliphatic hydroxyl groups is 1. The number of likely N-dealkylation sites (tertiary alicyclic amines) is 1. The van der Waals surface area contributed by atoms with Crippen molar-refractivity contribution < 1.29 is 19.8 Å². The molecule has 2 aromatic rings. The van der Waals surface area contributed by atoms with Crippen LogP contribution in [0.25, 0.3) is 0 Å². The van der Waals surface area contributed by atoms with Crippen molar-refractivity contribution in [3.05, 3.63) is 54.1 Å². The van der Waals surface area contributed by atoms with Gasteiger partial charge in [-0.2, -0.15) is 0 Å². The van der Waals surface area contributed by atoms with Gasteiger partial charge in [-0.25, -0.2) is 0 Å². The molecular formula is C25H32N4O4. The van der Waals surface area contributed by atoms with Crippen molar-refractivity contribution in [1.29, 1.82) is 0 Å². The van der Waals surface area contributed by atoms with Crippen LogP contribution in [0, 0.1) is 5.92 Å². The average molecular weight is 453 g/mol. The molecule has 2 aromatic carbocycles. The summed E-state index contributed by atoms with van der Waals surface area (Å²) in [5, 5.41) is 21.9. The quantitative estimate of drug-likeness (QED) is 0.581. The van der Waals surface area contributed by atoms with Gasteiger partial charge in [-0.1, -0.05) is 12.1 Å². The summed E-state index contributed by atoms with van der Waals surface area (Å²) in [6.07, 6.45) is 0.255. The number of anilines is 2. The molecule has 2 fully saturated rings. The minimum atomic E-state index is -0.474. The Morgan fingerprint density at radius 2 is 1.67 bits per heavy atom. The van der Waals surface area contributed by atoms with Gasteiger partial charge in [0.05, 0.1) is 18.6 Å². The Hall–Kier alpha value is -3.10. The number of rotatable bonds is 6. The number of aliphatic hydroxyl groups excluding tert-OH is 1. The number of phenols is 1. The molecule has 8 nitrogen and oxygen atoms in total. The van der Waals surface area contributed by atoms with Gasteiger partial charge >= 0.3 is 0 Å². The third kappa shape index (κ3) is 5.83. The van der Waals surface area contributed by atoms with E-state index in [2.05, 4.69) is 15.1 Å². The topological polar surface area (TPSA) is 96.4 Å². The number of nitrogens with zero attached hydrogens (tertiary/aromatic N) is 3. The Bertz CT molecular complexity index is 953. The fourth-order valence-electron chi connectivity index (χ4n) is 4.45. The maximum Gasteiger partial charge on any atom is 0.236 e. The van der Waals surface area contributed by atoms with E-state index in [0.29, 0.717) is 31.9 Å². The fourth-order valence-corrected chi connectivity index (χ4v) is 4.45. The molecule has 8 heteroatoms. The Morgan fingerprint density at radius 1 is 1.00 bits per heavy atom. The van der Waals surface area contributed by atoms with Crippen LogP contribution >= 0.6 is 0 Å². The van der Waals surface area contributed by atoms with Crippen LogP contribution in [0.2, 0.25) is 0 Å². The lowest BCUT2D eigenvalue weighted by Gasteiger charge is -2.36. The first-order chi connectivity index (χ1) is 15.9. The van der Waals surface area contributed by atoms with Gasteiger partial charge in [0.15, 0.2) is 0 Å². The van der Waals surface area contributed by atoms with Crippen molar-refractivity contribution in [3.8, 4) is 5.75 Å². The van der Waals surface area contributed by atoms with Gasteiger partial charge in [0, 0.05) is 44.1 Å². The number of piperazine rings is 1. The predicted molar refractivity (Wildman–Crippen MR) is 127 cm³/mol. The first-order valence-corrected chi connectivity index (χ1v) is 11.5. The molecule has 2 amide bonds. The number of benzene rings is 2. The van der Waals surface area contributed by atoms with E-state index in [9.17, 15) is 19.8 Å². The second kappa shape index (κ2) is 10.2. The number of nitrogens with one attached hydrogen (secondary N) is 1. The monoisotopic (exact) mass is 452 g/mol. The molecule has 0 bridgehead atoms. The van der Waals surface area contributed by atoms with Crippen LogP contribution in [0.1, 0.15) is 25.0 Å². The van der Waals surface area contributed by atoms with E-state index in [1.54, 1.807) is 31.2 Å². The van der Waals surface area contributed by atoms with E-state index in [4.69, 9.17) is 0 Å². The molecule has 2 atom stereocenters. The summed E-state index contributed by atoms with van der Waals surface area (Å²) < 4.78 is 0. The lowest BCUT2D eigenvalue weighted by Crippen LogP contribution is -2.51. The first kappa shape index (κ1) is 23.1. The van der Waals surface area contributed by atoms with Crippen molar-refractivity contribution in [2.24, 2.45) is 5.92 Å². The standard InChI is InChI=1S/C25H32N4O4/c1-18(30)19-2-6-22(7-3-19)28-12-14-29(15-13-28)24(32)17-27-11-10-20(16-27)25(33)26-21-4-8-23(31)9-5-21/h2-9,18,20,30-31H,10-17H2,1H3,(H,26,33). The van der Waals surface area contributed by atoms with Gasteiger partial charge in [0.25, 0.3) is 0 Å². The summed E-state index contributed by atoms with van der Waals surface area (Å²) >= 11 is 0. The molecule has 0 radical (unpaired) electrons. The summed E-state index contributed by atoms with van der Waals surface area (Å²) in [5.74, 6) is 0.0752. The molecular weight excluding hydrogens is 420 g/mol. The van der Waals surface area contributed by atoms with Crippen molar-refractivity contribution in [3.63, 3.8) is 0 Å². The Kier molecular flexibility index (Phi) is 7.15. The number of carbonyl (C=O) groups excluding carboxylic acids is 2. The van der Waals surface area contributed by atoms with E-state index < -0.39 is 6.10 Å². The van der Waals surface area contributed by atoms with Crippen LogP contribution in [-0.2, 0) is 9.59 Å². The van der Waals surface area contributed by atoms with Crippen LogP contribution in [0.5, 0.6) is 5.75 Å². The van der Waals surface area contributed by atoms with Gasteiger partial charge in [-0.3, -0.25) is 14.5 Å². The molecule has 2 aliphatic heterocycles. The van der Waals surface area contributed by atoms with Crippen LogP contribution in [0.4, 0.5) is 11.4 Å². The number of amides is 2. The SMILES string of the molecule is CC(O)c1ccc(N2CCN(C(=O)CN3CCC(C(=O)Nc4ccc(O)cc4)C3)CC2)cc1. The molecule has 4 rings (SSSR count). The molecule has 0 aliphatic carbocycles. The molecule has 33 heavy (non-hydrogen) atoms. The van der Waals surface area contributed by atoms with Crippen molar-refractivity contribution in [1.82, 2.24) is 9.80 Å². The van der Waals surface area contributed by atoms with E-state index in [1.807, 2.05) is 29.2 Å². The smallest absolute Gasteiger partial charge is 0.236 e. The van der Waals surface area contributed by atoms with E-state index in [-0.39, 0.29) is 23.5 Å². The number of hydrogen-bond acceptors (Lipinski definition) is 6. The minimum Gasteiger partial charge on any atom is -0.508 e. The largest absolute Gasteiger partial charge is 0.508 e. The zero-order valence-corrected chi connectivity index (χ0v) is 19.0. The third-order valence-electron chi connectivity index (χ3n) is 6.51. The van der Waals surface area contributed by atoms with E-state index >= 15 is 0 Å². The van der Waals surface area contributed by atoms with E-state index in [0.717, 1.165) is 37.3 Å². The number of hydrogen-bond donors (Lipinski definition) is 3. The predicted octanol–water partition coefficient (Wildman–Crippen LogP) is 2.05. The molecule has 0 saturated carbocycles. The number of carbonyl (C=O) groups is 2. The second-order valence-electron chi connectivity index (χ2n) is 8.89. The Morgan fingerprint density at radius 3 is 2.30 bits per heavy atom. The highest BCUT2D eigenvalue weighted by Crippen LogP contribution is 2.22. The van der Waals surface area contributed by atoms with Gasteiger partial charge < -0.3 is 25.3 Å². The summed E-state index contributed by atoms with van der Waals surface area (Å²) in [7, 11) is 0. The minimum absolute atomic E-state index is 0.0501. The molecule has 2 aliphatic rings. The van der Waals surface area contributed by atoms with E-state index in [1.165, 1.54) is 0 Å². The van der Waals surface area contributed by atoms with Crippen LogP contribution in [-0.4, -0.2) is 77.6 Å². The van der Waals surface area contributed by atoms with Crippen molar-refractivity contribution in [2.45, 2.75) is 19.4 Å². The molecule has 3 N–H and O–H groups in total. The zero-order valence-electron chi connectivity index (χ0n) is 19.0. The number of aromatic hydroxyl groups is 1. The van der Waals surface area contributed by atoms with Gasteiger partial charge in [-0.15, -0.1) is 0 Å². The molecule has 0 aromatic heterocycles. The van der Waals surface area contributed by atoms with Crippen LogP contribution in [0.15, 0.2) is 48.5 Å². The first-order valence-electron chi connectivity index (χ1n) is 11.5. The fraction of sp³-hybridized carbons (Fsp3) is 0.440. The van der Waals surface area contributed by atoms with Crippen LogP contribution in [0.3, 0.4) is 0 Å². The highest BCUT2D eigenvalue weighted by molar-refractivity contribution is 5.93. The van der Waals surface area contributed by atoms with Crippen LogP contribution < -0.4 is 10.2 Å². The number of phenolic OH excluding ortho intramolecular Hbond substituents is 1. The maximum atomic E-state index is 12.8. The molecule has 2 unspecified atom stereocenters. The van der Waals surface area contributed by atoms with Crippen molar-refractivity contribution in [2.75, 3.05) is 56.0 Å². The molecule has 0 spiro atoms.